The fraction of sp³-hybridized carbons (Fsp3) is 0.130. The second-order valence-corrected chi connectivity index (χ2v) is 7.27. The molecule has 0 saturated heterocycles. The van der Waals surface area contributed by atoms with Crippen molar-refractivity contribution in [1.29, 1.82) is 0 Å². The van der Waals surface area contributed by atoms with Gasteiger partial charge in [0.1, 0.15) is 6.17 Å². The first kappa shape index (κ1) is 17.4. The van der Waals surface area contributed by atoms with Crippen LogP contribution in [0.15, 0.2) is 60.8 Å². The van der Waals surface area contributed by atoms with E-state index in [1.54, 1.807) is 30.5 Å². The van der Waals surface area contributed by atoms with E-state index in [9.17, 15) is 14.3 Å². The zero-order valence-electron chi connectivity index (χ0n) is 15.7. The van der Waals surface area contributed by atoms with Crippen molar-refractivity contribution in [1.82, 2.24) is 14.8 Å². The molecule has 0 amide bonds. The molecule has 2 aromatic heterocycles. The quantitative estimate of drug-likeness (QED) is 0.499. The van der Waals surface area contributed by atoms with Crippen LogP contribution in [0.2, 0.25) is 0 Å². The number of hydrogen-bond donors (Lipinski definition) is 2. The SMILES string of the molecule is Cc1c(-c2ccc(C(=O)O)cc2)c2cc3[nH]ncc3cc2n1C1=CC=CC(F)C1. The highest BCUT2D eigenvalue weighted by molar-refractivity contribution is 6.06. The second-order valence-electron chi connectivity index (χ2n) is 7.27. The van der Waals surface area contributed by atoms with Crippen LogP contribution >= 0.6 is 0 Å². The molecule has 0 spiro atoms. The molecule has 5 rings (SSSR count). The Morgan fingerprint density at radius 1 is 1.28 bits per heavy atom. The van der Waals surface area contributed by atoms with E-state index in [4.69, 9.17) is 0 Å². The summed E-state index contributed by atoms with van der Waals surface area (Å²) in [6.07, 6.45) is 6.33. The van der Waals surface area contributed by atoms with E-state index < -0.39 is 12.1 Å². The number of benzene rings is 2. The molecule has 2 N–H and O–H groups in total. The smallest absolute Gasteiger partial charge is 0.335 e. The lowest BCUT2D eigenvalue weighted by Crippen LogP contribution is -2.08. The number of fused-ring (bicyclic) bond motifs is 2. The summed E-state index contributed by atoms with van der Waals surface area (Å²) in [5.41, 5.74) is 5.92. The number of nitrogens with zero attached hydrogens (tertiary/aromatic N) is 2. The van der Waals surface area contributed by atoms with Crippen LogP contribution in [0.3, 0.4) is 0 Å². The van der Waals surface area contributed by atoms with Gasteiger partial charge in [0.05, 0.1) is 22.8 Å². The molecule has 4 aromatic rings. The largest absolute Gasteiger partial charge is 0.478 e. The van der Waals surface area contributed by atoms with Gasteiger partial charge in [-0.1, -0.05) is 24.3 Å². The molecule has 2 heterocycles. The summed E-state index contributed by atoms with van der Waals surface area (Å²) in [5.74, 6) is -0.956. The highest BCUT2D eigenvalue weighted by Crippen LogP contribution is 2.39. The molecule has 1 aliphatic rings. The van der Waals surface area contributed by atoms with E-state index in [1.165, 1.54) is 0 Å². The first-order valence-corrected chi connectivity index (χ1v) is 9.36. The fourth-order valence-electron chi connectivity index (χ4n) is 4.15. The second kappa shape index (κ2) is 6.44. The lowest BCUT2D eigenvalue weighted by Gasteiger charge is -2.17. The minimum atomic E-state index is -1.01. The van der Waals surface area contributed by atoms with Crippen molar-refractivity contribution in [2.45, 2.75) is 19.5 Å². The van der Waals surface area contributed by atoms with Gasteiger partial charge in [-0.25, -0.2) is 9.18 Å². The third kappa shape index (κ3) is 2.76. The van der Waals surface area contributed by atoms with Gasteiger partial charge in [-0.2, -0.15) is 5.10 Å². The van der Waals surface area contributed by atoms with Crippen molar-refractivity contribution in [3.05, 3.63) is 72.1 Å². The maximum atomic E-state index is 14.1. The van der Waals surface area contributed by atoms with Crippen LogP contribution in [0.5, 0.6) is 0 Å². The van der Waals surface area contributed by atoms with Crippen LogP contribution < -0.4 is 0 Å². The first-order chi connectivity index (χ1) is 14.0. The van der Waals surface area contributed by atoms with E-state index >= 15 is 0 Å². The van der Waals surface area contributed by atoms with E-state index in [0.29, 0.717) is 6.42 Å². The van der Waals surface area contributed by atoms with Crippen LogP contribution in [0.25, 0.3) is 38.6 Å². The standard InChI is InChI=1S/C23H18FN3O2/c1-13-22(14-5-7-15(8-6-14)23(28)29)19-11-20-16(12-25-26-20)9-21(19)27(13)18-4-2-3-17(24)10-18/h2-9,11-12,17H,10H2,1H3,(H,25,26)(H,28,29). The Bertz CT molecular complexity index is 1330. The fourth-order valence-corrected chi connectivity index (χ4v) is 4.15. The molecule has 29 heavy (non-hydrogen) atoms. The number of aromatic carboxylic acids is 1. The Hall–Kier alpha value is -3.67. The van der Waals surface area contributed by atoms with Crippen molar-refractivity contribution in [2.24, 2.45) is 0 Å². The highest BCUT2D eigenvalue weighted by Gasteiger charge is 2.21. The van der Waals surface area contributed by atoms with Gasteiger partial charge in [0.15, 0.2) is 0 Å². The monoisotopic (exact) mass is 387 g/mol. The Balaban J connectivity index is 1.81. The molecule has 0 aliphatic heterocycles. The van der Waals surface area contributed by atoms with Crippen LogP contribution in [-0.4, -0.2) is 32.0 Å². The van der Waals surface area contributed by atoms with Gasteiger partial charge in [-0.15, -0.1) is 0 Å². The van der Waals surface area contributed by atoms with E-state index in [2.05, 4.69) is 20.8 Å². The topological polar surface area (TPSA) is 70.9 Å². The number of aromatic amines is 1. The van der Waals surface area contributed by atoms with Crippen LogP contribution in [0, 0.1) is 6.92 Å². The molecule has 144 valence electrons. The first-order valence-electron chi connectivity index (χ1n) is 9.36. The predicted molar refractivity (Wildman–Crippen MR) is 112 cm³/mol. The summed E-state index contributed by atoms with van der Waals surface area (Å²) in [6.45, 7) is 2.01. The molecular formula is C23H18FN3O2. The molecule has 1 unspecified atom stereocenters. The average molecular weight is 387 g/mol. The number of hydrogen-bond acceptors (Lipinski definition) is 2. The molecule has 5 nitrogen and oxygen atoms in total. The average Bonchev–Trinajstić information content (AvgIpc) is 3.27. The molecule has 1 atom stereocenters. The van der Waals surface area contributed by atoms with Gasteiger partial charge in [-0.05, 0) is 42.8 Å². The Kier molecular flexibility index (Phi) is 3.87. The van der Waals surface area contributed by atoms with Crippen LogP contribution in [-0.2, 0) is 0 Å². The normalized spacial score (nSPS) is 16.5. The number of nitrogens with one attached hydrogen (secondary N) is 1. The molecule has 6 heteroatoms. The van der Waals surface area contributed by atoms with Gasteiger partial charge >= 0.3 is 5.97 Å². The summed E-state index contributed by atoms with van der Waals surface area (Å²) < 4.78 is 16.2. The highest BCUT2D eigenvalue weighted by atomic mass is 19.1. The Morgan fingerprint density at radius 3 is 2.79 bits per heavy atom. The number of allylic oxidation sites excluding steroid dienone is 4. The van der Waals surface area contributed by atoms with Gasteiger partial charge in [0, 0.05) is 34.1 Å². The van der Waals surface area contributed by atoms with E-state index in [-0.39, 0.29) is 5.56 Å². The van der Waals surface area contributed by atoms with Crippen molar-refractivity contribution in [3.8, 4) is 11.1 Å². The van der Waals surface area contributed by atoms with Gasteiger partial charge in [0.2, 0.25) is 0 Å². The molecule has 0 radical (unpaired) electrons. The van der Waals surface area contributed by atoms with Gasteiger partial charge in [-0.3, -0.25) is 5.10 Å². The zero-order valence-corrected chi connectivity index (χ0v) is 15.7. The minimum Gasteiger partial charge on any atom is -0.478 e. The van der Waals surface area contributed by atoms with Crippen molar-refractivity contribution in [2.75, 3.05) is 0 Å². The van der Waals surface area contributed by atoms with Crippen molar-refractivity contribution >= 4 is 33.5 Å². The number of carboxylic acids is 1. The maximum Gasteiger partial charge on any atom is 0.335 e. The number of carboxylic acid groups (broad SMARTS) is 1. The number of alkyl halides is 1. The predicted octanol–water partition coefficient (Wildman–Crippen LogP) is 5.33. The summed E-state index contributed by atoms with van der Waals surface area (Å²) >= 11 is 0. The number of aromatic nitrogens is 3. The van der Waals surface area contributed by atoms with E-state index in [0.717, 1.165) is 44.3 Å². The van der Waals surface area contributed by atoms with Gasteiger partial charge < -0.3 is 9.67 Å². The number of halogens is 1. The Labute approximate surface area is 165 Å². The minimum absolute atomic E-state index is 0.242. The van der Waals surface area contributed by atoms with Crippen LogP contribution in [0.1, 0.15) is 22.5 Å². The zero-order chi connectivity index (χ0) is 20.1. The molecule has 2 aromatic carbocycles. The number of H-pyrrole nitrogens is 1. The lowest BCUT2D eigenvalue weighted by molar-refractivity contribution is 0.0697. The molecule has 0 bridgehead atoms. The van der Waals surface area contributed by atoms with Crippen LogP contribution in [0.4, 0.5) is 4.39 Å². The lowest BCUT2D eigenvalue weighted by atomic mass is 10.0. The summed E-state index contributed by atoms with van der Waals surface area (Å²) in [4.78, 5) is 11.2. The molecular weight excluding hydrogens is 369 g/mol. The summed E-state index contributed by atoms with van der Waals surface area (Å²) in [7, 11) is 0. The molecule has 0 fully saturated rings. The number of rotatable bonds is 3. The Morgan fingerprint density at radius 2 is 2.07 bits per heavy atom. The molecule has 1 aliphatic carbocycles. The molecule has 0 saturated carbocycles. The van der Waals surface area contributed by atoms with E-state index in [1.807, 2.05) is 31.2 Å². The summed E-state index contributed by atoms with van der Waals surface area (Å²) in [6, 6.07) is 11.0. The summed E-state index contributed by atoms with van der Waals surface area (Å²) in [5, 5.41) is 18.3. The third-order valence-electron chi connectivity index (χ3n) is 5.48. The third-order valence-corrected chi connectivity index (χ3v) is 5.48. The maximum absolute atomic E-state index is 14.1. The van der Waals surface area contributed by atoms with Gasteiger partial charge in [0.25, 0.3) is 0 Å². The van der Waals surface area contributed by atoms with Crippen molar-refractivity contribution in [3.63, 3.8) is 0 Å². The van der Waals surface area contributed by atoms with Crippen molar-refractivity contribution < 1.29 is 14.3 Å². The number of carbonyl (C=O) groups is 1.